The molecule has 1 aliphatic rings. The van der Waals surface area contributed by atoms with E-state index in [0.29, 0.717) is 6.41 Å². The van der Waals surface area contributed by atoms with E-state index in [1.54, 1.807) is 0 Å². The average molecular weight is 217 g/mol. The Morgan fingerprint density at radius 1 is 1.43 bits per heavy atom. The number of carbonyl (C=O) groups is 1. The molecule has 1 rings (SSSR count). The van der Waals surface area contributed by atoms with Crippen LogP contribution in [0, 0.1) is 0 Å². The maximum absolute atomic E-state index is 10.1. The summed E-state index contributed by atoms with van der Waals surface area (Å²) in [5.74, 6) is 0. The molecule has 1 aliphatic carbocycles. The van der Waals surface area contributed by atoms with Gasteiger partial charge in [0.05, 0.1) is 5.70 Å². The minimum Gasteiger partial charge on any atom is -0.328 e. The minimum absolute atomic E-state index is 0.646. The first kappa shape index (κ1) is 13.2. The first-order valence-corrected chi connectivity index (χ1v) is 4.88. The Hall–Kier alpha value is -0.800. The summed E-state index contributed by atoms with van der Waals surface area (Å²) in [5.41, 5.74) is 1.99. The summed E-state index contributed by atoms with van der Waals surface area (Å²) in [6.45, 7) is 2.02. The number of rotatable bonds is 2. The monoisotopic (exact) mass is 216 g/mol. The van der Waals surface area contributed by atoms with Gasteiger partial charge in [-0.15, -0.1) is 0 Å². The molecule has 0 heterocycles. The van der Waals surface area contributed by atoms with Gasteiger partial charge in [-0.3, -0.25) is 4.79 Å². The highest BCUT2D eigenvalue weighted by molar-refractivity contribution is 6.30. The molecule has 14 heavy (non-hydrogen) atoms. The smallest absolute Gasteiger partial charge is 0.211 e. The van der Waals surface area contributed by atoms with Gasteiger partial charge in [-0.2, -0.15) is 0 Å². The molecule has 1 amide bonds. The van der Waals surface area contributed by atoms with Crippen LogP contribution in [-0.2, 0) is 4.79 Å². The van der Waals surface area contributed by atoms with Gasteiger partial charge in [0.25, 0.3) is 0 Å². The topological polar surface area (TPSA) is 41.1 Å². The molecular weight excluding hydrogens is 200 g/mol. The van der Waals surface area contributed by atoms with Crippen molar-refractivity contribution >= 4 is 18.0 Å². The van der Waals surface area contributed by atoms with Crippen molar-refractivity contribution in [3.05, 3.63) is 22.4 Å². The second-order valence-corrected chi connectivity index (χ2v) is 3.53. The zero-order valence-corrected chi connectivity index (χ0v) is 9.61. The van der Waals surface area contributed by atoms with Crippen molar-refractivity contribution < 1.29 is 4.79 Å². The van der Waals surface area contributed by atoms with Gasteiger partial charge in [-0.25, -0.2) is 0 Å². The van der Waals surface area contributed by atoms with Crippen molar-refractivity contribution in [2.24, 2.45) is 0 Å². The Kier molecular flexibility index (Phi) is 7.16. The van der Waals surface area contributed by atoms with Crippen LogP contribution in [0.1, 0.15) is 19.8 Å². The Morgan fingerprint density at radius 2 is 2.00 bits per heavy atom. The molecule has 0 aromatic carbocycles. The lowest BCUT2D eigenvalue weighted by Gasteiger charge is -2.12. The molecule has 2 N–H and O–H groups in total. The summed E-state index contributed by atoms with van der Waals surface area (Å²) >= 11 is 5.84. The molecule has 0 spiro atoms. The second-order valence-electron chi connectivity index (χ2n) is 3.07. The highest BCUT2D eigenvalue weighted by atomic mass is 35.5. The minimum atomic E-state index is 0.646. The molecule has 0 aromatic rings. The highest BCUT2D eigenvalue weighted by Gasteiger charge is 2.07. The van der Waals surface area contributed by atoms with Gasteiger partial charge in [-0.05, 0) is 39.9 Å². The van der Waals surface area contributed by atoms with Crippen LogP contribution < -0.4 is 10.6 Å². The molecule has 0 atom stereocenters. The van der Waals surface area contributed by atoms with E-state index in [4.69, 9.17) is 11.6 Å². The van der Waals surface area contributed by atoms with Gasteiger partial charge >= 0.3 is 0 Å². The van der Waals surface area contributed by atoms with E-state index in [9.17, 15) is 4.79 Å². The second kappa shape index (κ2) is 7.59. The molecule has 4 heteroatoms. The number of nitrogens with one attached hydrogen (secondary N) is 2. The molecule has 3 nitrogen and oxygen atoms in total. The van der Waals surface area contributed by atoms with Crippen LogP contribution in [0.15, 0.2) is 22.4 Å². The molecule has 80 valence electrons. The van der Waals surface area contributed by atoms with E-state index in [-0.39, 0.29) is 0 Å². The lowest BCUT2D eigenvalue weighted by atomic mass is 10.0. The van der Waals surface area contributed by atoms with Crippen LogP contribution in [-0.4, -0.2) is 20.5 Å². The zero-order valence-electron chi connectivity index (χ0n) is 8.86. The third-order valence-electron chi connectivity index (χ3n) is 1.64. The Balaban J connectivity index is 0.000000500. The molecular formula is C10H17ClN2O. The highest BCUT2D eigenvalue weighted by Crippen LogP contribution is 2.24. The molecule has 0 saturated heterocycles. The standard InChI is InChI=1S/C8H10ClNO.C2H7N/c1-6-2-3-7(9)8(4-6)10-5-11;1-3-2/h4-5H,2-3H2,1H3,(H,10,11);3H,1-2H3. The molecule has 0 fully saturated rings. The number of amides is 1. The fourth-order valence-corrected chi connectivity index (χ4v) is 1.23. The SMILES string of the molecule is CC1=CC(NC=O)=C(Cl)CC1.CNC. The van der Waals surface area contributed by atoms with Crippen LogP contribution in [0.25, 0.3) is 0 Å². The van der Waals surface area contributed by atoms with Crippen molar-refractivity contribution in [2.75, 3.05) is 14.1 Å². The van der Waals surface area contributed by atoms with Crippen LogP contribution >= 0.6 is 11.6 Å². The van der Waals surface area contributed by atoms with Gasteiger partial charge in [0.1, 0.15) is 0 Å². The Labute approximate surface area is 90.2 Å². The largest absolute Gasteiger partial charge is 0.328 e. The van der Waals surface area contributed by atoms with E-state index >= 15 is 0 Å². The van der Waals surface area contributed by atoms with Crippen LogP contribution in [0.2, 0.25) is 0 Å². The third kappa shape index (κ3) is 5.04. The predicted molar refractivity (Wildman–Crippen MR) is 60.1 cm³/mol. The summed E-state index contributed by atoms with van der Waals surface area (Å²) < 4.78 is 0. The van der Waals surface area contributed by atoms with Crippen molar-refractivity contribution in [1.82, 2.24) is 10.6 Å². The van der Waals surface area contributed by atoms with Crippen LogP contribution in [0.3, 0.4) is 0 Å². The molecule has 0 bridgehead atoms. The van der Waals surface area contributed by atoms with Gasteiger partial charge in [0.15, 0.2) is 0 Å². The lowest BCUT2D eigenvalue weighted by molar-refractivity contribution is -0.108. The molecule has 0 radical (unpaired) electrons. The van der Waals surface area contributed by atoms with Crippen molar-refractivity contribution in [1.29, 1.82) is 0 Å². The van der Waals surface area contributed by atoms with E-state index in [1.807, 2.05) is 27.1 Å². The summed E-state index contributed by atoms with van der Waals surface area (Å²) in [4.78, 5) is 10.1. The summed E-state index contributed by atoms with van der Waals surface area (Å²) in [7, 11) is 3.75. The molecule has 0 unspecified atom stereocenters. The van der Waals surface area contributed by atoms with Gasteiger partial charge < -0.3 is 10.6 Å². The molecule has 0 aliphatic heterocycles. The Bertz CT molecular complexity index is 247. The number of hydrogen-bond donors (Lipinski definition) is 2. The van der Waals surface area contributed by atoms with E-state index in [1.165, 1.54) is 5.57 Å². The summed E-state index contributed by atoms with van der Waals surface area (Å²) in [6, 6.07) is 0. The first-order chi connectivity index (χ1) is 6.65. The van der Waals surface area contributed by atoms with Gasteiger partial charge in [0.2, 0.25) is 6.41 Å². The van der Waals surface area contributed by atoms with E-state index in [0.717, 1.165) is 23.6 Å². The van der Waals surface area contributed by atoms with Crippen molar-refractivity contribution in [2.45, 2.75) is 19.8 Å². The third-order valence-corrected chi connectivity index (χ3v) is 2.03. The van der Waals surface area contributed by atoms with Crippen molar-refractivity contribution in [3.63, 3.8) is 0 Å². The van der Waals surface area contributed by atoms with Crippen LogP contribution in [0.4, 0.5) is 0 Å². The summed E-state index contributed by atoms with van der Waals surface area (Å²) in [5, 5.41) is 6.04. The quantitative estimate of drug-likeness (QED) is 0.691. The van der Waals surface area contributed by atoms with Crippen molar-refractivity contribution in [3.8, 4) is 0 Å². The van der Waals surface area contributed by atoms with Crippen LogP contribution in [0.5, 0.6) is 0 Å². The fraction of sp³-hybridized carbons (Fsp3) is 0.500. The number of allylic oxidation sites excluding steroid dienone is 3. The normalized spacial score (nSPS) is 15.3. The maximum Gasteiger partial charge on any atom is 0.211 e. The summed E-state index contributed by atoms with van der Waals surface area (Å²) in [6.07, 6.45) is 4.37. The maximum atomic E-state index is 10.1. The first-order valence-electron chi connectivity index (χ1n) is 4.50. The fourth-order valence-electron chi connectivity index (χ4n) is 1.02. The van der Waals surface area contributed by atoms with Gasteiger partial charge in [-0.1, -0.05) is 17.2 Å². The zero-order chi connectivity index (χ0) is 11.0. The van der Waals surface area contributed by atoms with E-state index < -0.39 is 0 Å². The van der Waals surface area contributed by atoms with Gasteiger partial charge in [0, 0.05) is 5.03 Å². The average Bonchev–Trinajstić information content (AvgIpc) is 2.13. The molecule has 0 aromatic heterocycles. The molecule has 0 saturated carbocycles. The number of carbonyl (C=O) groups excluding carboxylic acids is 1. The predicted octanol–water partition coefficient (Wildman–Crippen LogP) is 1.76. The number of halogens is 1. The lowest BCUT2D eigenvalue weighted by Crippen LogP contribution is -2.12. The van der Waals surface area contributed by atoms with E-state index in [2.05, 4.69) is 10.6 Å². The Morgan fingerprint density at radius 3 is 2.50 bits per heavy atom. The number of hydrogen-bond acceptors (Lipinski definition) is 2.